The molecule has 3 heteroatoms. The van der Waals surface area contributed by atoms with Gasteiger partial charge in [0, 0.05) is 13.0 Å². The summed E-state index contributed by atoms with van der Waals surface area (Å²) in [5.74, 6) is 1.18. The molecule has 0 bridgehead atoms. The van der Waals surface area contributed by atoms with E-state index >= 15 is 0 Å². The molecule has 2 heterocycles. The fraction of sp³-hybridized carbons (Fsp3) is 1.00. The smallest absolute Gasteiger partial charge is 0.112 e. The van der Waals surface area contributed by atoms with Gasteiger partial charge in [0.05, 0.1) is 19.3 Å². The number of hydrogen-bond donors (Lipinski definition) is 0. The van der Waals surface area contributed by atoms with Gasteiger partial charge in [-0.1, -0.05) is 13.8 Å². The van der Waals surface area contributed by atoms with Crippen LogP contribution in [0.4, 0.5) is 0 Å². The Morgan fingerprint density at radius 3 is 2.46 bits per heavy atom. The van der Waals surface area contributed by atoms with Crippen LogP contribution in [0.2, 0.25) is 0 Å². The highest BCUT2D eigenvalue weighted by atomic mass is 16.6. The fourth-order valence-corrected chi connectivity index (χ4v) is 2.27. The van der Waals surface area contributed by atoms with Gasteiger partial charge in [0.25, 0.3) is 0 Å². The average molecular weight is 186 g/mol. The van der Waals surface area contributed by atoms with Crippen molar-refractivity contribution >= 4 is 0 Å². The largest absolute Gasteiger partial charge is 0.376 e. The lowest BCUT2D eigenvalue weighted by Gasteiger charge is -2.18. The van der Waals surface area contributed by atoms with Crippen molar-refractivity contribution in [2.75, 3.05) is 20.3 Å². The molecule has 0 N–H and O–H groups in total. The van der Waals surface area contributed by atoms with Gasteiger partial charge in [-0.05, 0) is 5.92 Å². The molecule has 2 rings (SSSR count). The predicted octanol–water partition coefficient (Wildman–Crippen LogP) is 1.07. The molecule has 0 spiro atoms. The number of rotatable bonds is 2. The lowest BCUT2D eigenvalue weighted by molar-refractivity contribution is -0.0104. The van der Waals surface area contributed by atoms with Crippen LogP contribution >= 0.6 is 0 Å². The van der Waals surface area contributed by atoms with Gasteiger partial charge in [0.15, 0.2) is 0 Å². The average Bonchev–Trinajstić information content (AvgIpc) is 2.61. The van der Waals surface area contributed by atoms with E-state index < -0.39 is 0 Å². The van der Waals surface area contributed by atoms with E-state index in [0.29, 0.717) is 18.4 Å². The summed E-state index contributed by atoms with van der Waals surface area (Å²) in [5, 5.41) is 0. The minimum Gasteiger partial charge on any atom is -0.376 e. The van der Waals surface area contributed by atoms with Crippen LogP contribution < -0.4 is 0 Å². The zero-order valence-corrected chi connectivity index (χ0v) is 8.53. The topological polar surface area (TPSA) is 27.7 Å². The van der Waals surface area contributed by atoms with E-state index in [1.165, 1.54) is 0 Å². The highest BCUT2D eigenvalue weighted by Crippen LogP contribution is 2.35. The molecule has 3 nitrogen and oxygen atoms in total. The van der Waals surface area contributed by atoms with E-state index in [0.717, 1.165) is 6.61 Å². The zero-order chi connectivity index (χ0) is 9.42. The third kappa shape index (κ3) is 1.49. The Labute approximate surface area is 79.4 Å². The lowest BCUT2D eigenvalue weighted by atomic mass is 9.90. The minimum absolute atomic E-state index is 0.147. The number of methoxy groups -OCH3 is 1. The first-order valence-electron chi connectivity index (χ1n) is 5.00. The van der Waals surface area contributed by atoms with Crippen LogP contribution in [0, 0.1) is 11.8 Å². The summed E-state index contributed by atoms with van der Waals surface area (Å²) < 4.78 is 16.7. The highest BCUT2D eigenvalue weighted by molar-refractivity contribution is 4.95. The highest BCUT2D eigenvalue weighted by Gasteiger charge is 2.48. The third-order valence-corrected chi connectivity index (χ3v) is 3.21. The quantitative estimate of drug-likeness (QED) is 0.645. The first-order chi connectivity index (χ1) is 6.24. The molecule has 0 aromatic rings. The van der Waals surface area contributed by atoms with E-state index in [1.807, 2.05) is 0 Å². The molecule has 2 aliphatic heterocycles. The van der Waals surface area contributed by atoms with Crippen molar-refractivity contribution in [3.8, 4) is 0 Å². The molecular formula is C10H18O3. The molecular weight excluding hydrogens is 168 g/mol. The van der Waals surface area contributed by atoms with Crippen molar-refractivity contribution in [3.63, 3.8) is 0 Å². The Bertz CT molecular complexity index is 181. The van der Waals surface area contributed by atoms with Crippen LogP contribution in [0.3, 0.4) is 0 Å². The van der Waals surface area contributed by atoms with Gasteiger partial charge >= 0.3 is 0 Å². The second-order valence-electron chi connectivity index (χ2n) is 4.28. The van der Waals surface area contributed by atoms with Crippen LogP contribution in [0.5, 0.6) is 0 Å². The monoisotopic (exact) mass is 186 g/mol. The molecule has 2 aliphatic rings. The number of fused-ring (bicyclic) bond motifs is 1. The summed E-state index contributed by atoms with van der Waals surface area (Å²) in [6, 6.07) is 0. The minimum atomic E-state index is 0.147. The molecule has 4 atom stereocenters. The van der Waals surface area contributed by atoms with Crippen LogP contribution in [-0.4, -0.2) is 38.6 Å². The Morgan fingerprint density at radius 1 is 1.15 bits per heavy atom. The van der Waals surface area contributed by atoms with E-state index in [9.17, 15) is 0 Å². The van der Waals surface area contributed by atoms with Crippen molar-refractivity contribution in [1.29, 1.82) is 0 Å². The van der Waals surface area contributed by atoms with Crippen molar-refractivity contribution in [1.82, 2.24) is 0 Å². The summed E-state index contributed by atoms with van der Waals surface area (Å²) in [5.41, 5.74) is 0. The first-order valence-corrected chi connectivity index (χ1v) is 5.00. The predicted molar refractivity (Wildman–Crippen MR) is 48.6 cm³/mol. The van der Waals surface area contributed by atoms with Gasteiger partial charge in [-0.25, -0.2) is 0 Å². The Morgan fingerprint density at radius 2 is 1.85 bits per heavy atom. The molecule has 0 amide bonds. The van der Waals surface area contributed by atoms with E-state index in [2.05, 4.69) is 13.8 Å². The number of hydrogen-bond acceptors (Lipinski definition) is 3. The second-order valence-corrected chi connectivity index (χ2v) is 4.28. The summed E-state index contributed by atoms with van der Waals surface area (Å²) in [4.78, 5) is 0. The summed E-state index contributed by atoms with van der Waals surface area (Å²) in [6.07, 6.45) is 0.594. The molecule has 0 aromatic carbocycles. The molecule has 0 radical (unpaired) electrons. The Balaban J connectivity index is 2.03. The normalized spacial score (nSPS) is 44.3. The van der Waals surface area contributed by atoms with E-state index in [4.69, 9.17) is 14.2 Å². The first kappa shape index (κ1) is 9.44. The van der Waals surface area contributed by atoms with Crippen molar-refractivity contribution in [3.05, 3.63) is 0 Å². The summed E-state index contributed by atoms with van der Waals surface area (Å²) >= 11 is 0. The van der Waals surface area contributed by atoms with Gasteiger partial charge in [-0.2, -0.15) is 0 Å². The maximum Gasteiger partial charge on any atom is 0.112 e. The summed E-state index contributed by atoms with van der Waals surface area (Å²) in [7, 11) is 1.72. The Hall–Kier alpha value is -0.120. The summed E-state index contributed by atoms with van der Waals surface area (Å²) in [6.45, 7) is 5.96. The van der Waals surface area contributed by atoms with Crippen molar-refractivity contribution in [2.24, 2.45) is 11.8 Å². The van der Waals surface area contributed by atoms with Crippen LogP contribution in [-0.2, 0) is 14.2 Å². The van der Waals surface area contributed by atoms with Gasteiger partial charge in [-0.3, -0.25) is 0 Å². The molecule has 0 aliphatic carbocycles. The fourth-order valence-electron chi connectivity index (χ4n) is 2.27. The number of ether oxygens (including phenoxy) is 3. The van der Waals surface area contributed by atoms with Gasteiger partial charge in [0.1, 0.15) is 12.2 Å². The lowest BCUT2D eigenvalue weighted by Crippen LogP contribution is -2.31. The standard InChI is InChI=1S/C10H18O3/c1-6(2)7-4-12-10-8(11-3)5-13-9(7)10/h6-10H,4-5H2,1-3H3/t7-,8-,9+,10+/m1/s1. The third-order valence-electron chi connectivity index (χ3n) is 3.21. The molecule has 0 aromatic heterocycles. The van der Waals surface area contributed by atoms with Crippen LogP contribution in [0.25, 0.3) is 0 Å². The van der Waals surface area contributed by atoms with Crippen LogP contribution in [0.15, 0.2) is 0 Å². The van der Waals surface area contributed by atoms with Gasteiger partial charge < -0.3 is 14.2 Å². The van der Waals surface area contributed by atoms with Gasteiger partial charge in [-0.15, -0.1) is 0 Å². The second kappa shape index (κ2) is 3.56. The molecule has 2 fully saturated rings. The SMILES string of the molecule is CO[C@@H]1CO[C@@H]2[C@H]1OC[C@@H]2C(C)C. The molecule has 0 unspecified atom stereocenters. The van der Waals surface area contributed by atoms with Crippen molar-refractivity contribution in [2.45, 2.75) is 32.2 Å². The Kier molecular flexibility index (Phi) is 2.58. The van der Waals surface area contributed by atoms with E-state index in [-0.39, 0.29) is 18.3 Å². The van der Waals surface area contributed by atoms with Crippen molar-refractivity contribution < 1.29 is 14.2 Å². The van der Waals surface area contributed by atoms with Gasteiger partial charge in [0.2, 0.25) is 0 Å². The van der Waals surface area contributed by atoms with E-state index in [1.54, 1.807) is 7.11 Å². The zero-order valence-electron chi connectivity index (χ0n) is 8.53. The molecule has 2 saturated heterocycles. The molecule has 0 saturated carbocycles. The maximum absolute atomic E-state index is 5.70. The maximum atomic E-state index is 5.70. The van der Waals surface area contributed by atoms with Crippen LogP contribution in [0.1, 0.15) is 13.8 Å². The molecule has 76 valence electrons. The molecule has 13 heavy (non-hydrogen) atoms.